The number of nitrogens with one attached hydrogen (secondary N) is 1. The number of hydrogen-bond acceptors (Lipinski definition) is 2. The molecule has 3 rings (SSSR count). The molecule has 0 bridgehead atoms. The number of pyridine rings is 1. The van der Waals surface area contributed by atoms with Crippen molar-refractivity contribution in [1.29, 1.82) is 0 Å². The third kappa shape index (κ3) is 1.79. The minimum atomic E-state index is 0.443. The Morgan fingerprint density at radius 1 is 1.44 bits per heavy atom. The lowest BCUT2D eigenvalue weighted by molar-refractivity contribution is 0.310. The van der Waals surface area contributed by atoms with Crippen molar-refractivity contribution in [3.8, 4) is 0 Å². The number of nitrogens with zero attached hydrogens (tertiary/aromatic N) is 2. The van der Waals surface area contributed by atoms with Gasteiger partial charge in [0.15, 0.2) is 10.4 Å². The van der Waals surface area contributed by atoms with Crippen LogP contribution in [0, 0.1) is 23.0 Å². The maximum atomic E-state index is 5.45. The minimum Gasteiger partial charge on any atom is -0.329 e. The van der Waals surface area contributed by atoms with Gasteiger partial charge >= 0.3 is 0 Å². The molecule has 0 amide bonds. The Morgan fingerprint density at radius 3 is 2.78 bits per heavy atom. The van der Waals surface area contributed by atoms with Crippen molar-refractivity contribution >= 4 is 23.4 Å². The number of imidazole rings is 1. The molecule has 1 saturated carbocycles. The molecule has 2 heterocycles. The number of aromatic nitrogens is 3. The number of rotatable bonds is 3. The molecule has 0 aliphatic heterocycles. The first-order chi connectivity index (χ1) is 8.52. The van der Waals surface area contributed by atoms with Crippen molar-refractivity contribution < 1.29 is 0 Å². The minimum absolute atomic E-state index is 0.443. The SMILES string of the molecule is Cc1ccc2[nH]c(=S)n(CC3(C(C)C)CC3)c2n1. The Kier molecular flexibility index (Phi) is 2.59. The second-order valence-corrected chi connectivity index (χ2v) is 6.24. The fraction of sp³-hybridized carbons (Fsp3) is 0.571. The molecule has 2 aromatic heterocycles. The molecule has 2 aromatic rings. The monoisotopic (exact) mass is 261 g/mol. The van der Waals surface area contributed by atoms with E-state index in [9.17, 15) is 0 Å². The predicted molar refractivity (Wildman–Crippen MR) is 76.2 cm³/mol. The summed E-state index contributed by atoms with van der Waals surface area (Å²) in [5.41, 5.74) is 3.54. The summed E-state index contributed by atoms with van der Waals surface area (Å²) < 4.78 is 2.99. The van der Waals surface area contributed by atoms with Crippen LogP contribution >= 0.6 is 12.2 Å². The second kappa shape index (κ2) is 3.92. The average molecular weight is 261 g/mol. The molecule has 0 spiro atoms. The van der Waals surface area contributed by atoms with E-state index < -0.39 is 0 Å². The molecule has 3 nitrogen and oxygen atoms in total. The zero-order chi connectivity index (χ0) is 12.9. The maximum absolute atomic E-state index is 5.45. The van der Waals surface area contributed by atoms with Gasteiger partial charge in [0.2, 0.25) is 0 Å². The Labute approximate surface area is 112 Å². The summed E-state index contributed by atoms with van der Waals surface area (Å²) in [4.78, 5) is 7.89. The van der Waals surface area contributed by atoms with E-state index in [1.807, 2.05) is 13.0 Å². The van der Waals surface area contributed by atoms with Crippen LogP contribution in [0.15, 0.2) is 12.1 Å². The van der Waals surface area contributed by atoms with Crippen molar-refractivity contribution in [2.75, 3.05) is 0 Å². The van der Waals surface area contributed by atoms with E-state index in [-0.39, 0.29) is 0 Å². The lowest BCUT2D eigenvalue weighted by atomic mass is 9.92. The van der Waals surface area contributed by atoms with Crippen LogP contribution in [0.5, 0.6) is 0 Å². The van der Waals surface area contributed by atoms with Crippen molar-refractivity contribution in [3.05, 3.63) is 22.6 Å². The highest BCUT2D eigenvalue weighted by molar-refractivity contribution is 7.71. The average Bonchev–Trinajstić information content (AvgIpc) is 3.03. The molecular formula is C14H19N3S. The van der Waals surface area contributed by atoms with E-state index in [4.69, 9.17) is 12.2 Å². The fourth-order valence-electron chi connectivity index (χ4n) is 2.67. The van der Waals surface area contributed by atoms with E-state index in [1.54, 1.807) is 0 Å². The number of hydrogen-bond donors (Lipinski definition) is 1. The van der Waals surface area contributed by atoms with E-state index in [0.717, 1.165) is 28.2 Å². The summed E-state index contributed by atoms with van der Waals surface area (Å²) in [6.07, 6.45) is 2.62. The number of aryl methyl sites for hydroxylation is 1. The molecular weight excluding hydrogens is 242 g/mol. The summed E-state index contributed by atoms with van der Waals surface area (Å²) in [7, 11) is 0. The van der Waals surface area contributed by atoms with Crippen LogP contribution in [-0.2, 0) is 6.54 Å². The predicted octanol–water partition coefficient (Wildman–Crippen LogP) is 3.84. The molecule has 1 aliphatic carbocycles. The molecule has 0 radical (unpaired) electrons. The molecule has 0 aromatic carbocycles. The van der Waals surface area contributed by atoms with E-state index in [2.05, 4.69) is 34.4 Å². The normalized spacial score (nSPS) is 17.6. The van der Waals surface area contributed by atoms with Crippen LogP contribution in [0.4, 0.5) is 0 Å². The van der Waals surface area contributed by atoms with Crippen LogP contribution in [-0.4, -0.2) is 14.5 Å². The molecule has 0 saturated heterocycles. The molecule has 18 heavy (non-hydrogen) atoms. The van der Waals surface area contributed by atoms with Gasteiger partial charge in [-0.05, 0) is 55.4 Å². The zero-order valence-corrected chi connectivity index (χ0v) is 12.0. The molecule has 0 atom stereocenters. The lowest BCUT2D eigenvalue weighted by Crippen LogP contribution is -2.18. The Balaban J connectivity index is 2.09. The highest BCUT2D eigenvalue weighted by Crippen LogP contribution is 2.53. The van der Waals surface area contributed by atoms with E-state index >= 15 is 0 Å². The summed E-state index contributed by atoms with van der Waals surface area (Å²) in [5, 5.41) is 0. The van der Waals surface area contributed by atoms with Gasteiger partial charge < -0.3 is 9.55 Å². The molecule has 1 aliphatic rings. The summed E-state index contributed by atoms with van der Waals surface area (Å²) >= 11 is 5.45. The van der Waals surface area contributed by atoms with E-state index in [0.29, 0.717) is 11.3 Å². The van der Waals surface area contributed by atoms with Crippen LogP contribution in [0.2, 0.25) is 0 Å². The summed E-state index contributed by atoms with van der Waals surface area (Å²) in [5.74, 6) is 0.703. The van der Waals surface area contributed by atoms with Crippen molar-refractivity contribution in [1.82, 2.24) is 14.5 Å². The van der Waals surface area contributed by atoms with Crippen LogP contribution in [0.25, 0.3) is 11.2 Å². The first kappa shape index (κ1) is 11.9. The third-order valence-corrected chi connectivity index (χ3v) is 4.67. The van der Waals surface area contributed by atoms with Gasteiger partial charge in [0.25, 0.3) is 0 Å². The zero-order valence-electron chi connectivity index (χ0n) is 11.2. The molecule has 96 valence electrons. The van der Waals surface area contributed by atoms with Gasteiger partial charge in [-0.1, -0.05) is 13.8 Å². The van der Waals surface area contributed by atoms with Crippen LogP contribution in [0.3, 0.4) is 0 Å². The van der Waals surface area contributed by atoms with Gasteiger partial charge in [-0.15, -0.1) is 0 Å². The van der Waals surface area contributed by atoms with Gasteiger partial charge in [-0.25, -0.2) is 4.98 Å². The quantitative estimate of drug-likeness (QED) is 0.852. The fourth-order valence-corrected chi connectivity index (χ4v) is 2.93. The highest BCUT2D eigenvalue weighted by atomic mass is 32.1. The van der Waals surface area contributed by atoms with Crippen LogP contribution in [0.1, 0.15) is 32.4 Å². The summed E-state index contributed by atoms with van der Waals surface area (Å²) in [6.45, 7) is 7.64. The maximum Gasteiger partial charge on any atom is 0.179 e. The third-order valence-electron chi connectivity index (χ3n) is 4.35. The second-order valence-electron chi connectivity index (χ2n) is 5.86. The standard InChI is InChI=1S/C14H19N3S/c1-9(2)14(6-7-14)8-17-12-11(16-13(17)18)5-4-10(3)15-12/h4-5,9H,6-8H2,1-3H3,(H,16,18). The van der Waals surface area contributed by atoms with Crippen molar-refractivity contribution in [2.24, 2.45) is 11.3 Å². The Hall–Kier alpha value is -1.16. The molecule has 0 unspecified atom stereocenters. The molecule has 1 fully saturated rings. The van der Waals surface area contributed by atoms with Gasteiger partial charge in [-0.2, -0.15) is 0 Å². The first-order valence-corrected chi connectivity index (χ1v) is 6.99. The summed E-state index contributed by atoms with van der Waals surface area (Å²) in [6, 6.07) is 4.09. The van der Waals surface area contributed by atoms with Crippen molar-refractivity contribution in [3.63, 3.8) is 0 Å². The van der Waals surface area contributed by atoms with Crippen LogP contribution < -0.4 is 0 Å². The largest absolute Gasteiger partial charge is 0.329 e. The topological polar surface area (TPSA) is 33.6 Å². The van der Waals surface area contributed by atoms with Gasteiger partial charge in [0.05, 0.1) is 5.52 Å². The van der Waals surface area contributed by atoms with Gasteiger partial charge in [0, 0.05) is 12.2 Å². The van der Waals surface area contributed by atoms with Crippen molar-refractivity contribution in [2.45, 2.75) is 40.2 Å². The lowest BCUT2D eigenvalue weighted by Gasteiger charge is -2.20. The van der Waals surface area contributed by atoms with Gasteiger partial charge in [0.1, 0.15) is 0 Å². The van der Waals surface area contributed by atoms with Gasteiger partial charge in [-0.3, -0.25) is 0 Å². The number of H-pyrrole nitrogens is 1. The Bertz CT molecular complexity index is 647. The molecule has 4 heteroatoms. The Morgan fingerprint density at radius 2 is 2.17 bits per heavy atom. The van der Waals surface area contributed by atoms with E-state index in [1.165, 1.54) is 12.8 Å². The smallest absolute Gasteiger partial charge is 0.179 e. The highest BCUT2D eigenvalue weighted by Gasteiger charge is 2.45. The number of aromatic amines is 1. The number of fused-ring (bicyclic) bond motifs is 1. The first-order valence-electron chi connectivity index (χ1n) is 6.58. The molecule has 1 N–H and O–H groups in total.